The molecule has 88 valence electrons. The zero-order valence-electron chi connectivity index (χ0n) is 9.04. The van der Waals surface area contributed by atoms with Crippen LogP contribution in [0.1, 0.15) is 13.8 Å². The minimum atomic E-state index is 0. The Labute approximate surface area is 111 Å². The Morgan fingerprint density at radius 1 is 1.19 bits per heavy atom. The van der Waals surface area contributed by atoms with Gasteiger partial charge in [0.1, 0.15) is 5.02 Å². The van der Waals surface area contributed by atoms with Gasteiger partial charge in [0.25, 0.3) is 0 Å². The molecule has 0 unspecified atom stereocenters. The van der Waals surface area contributed by atoms with Crippen molar-refractivity contribution in [3.05, 3.63) is 27.2 Å². The third-order valence-corrected chi connectivity index (χ3v) is 2.83. The summed E-state index contributed by atoms with van der Waals surface area (Å²) < 4.78 is 0. The molecule has 0 bridgehead atoms. The van der Waals surface area contributed by atoms with E-state index in [0.717, 1.165) is 18.8 Å². The standard InChI is InChI=1S/C10H12Cl2N3.ClH/c1-3-15(4-2)10-6-7(11)9(14-13)5-8(10)12;/h5-6H,3-4H2,1-2H3;1H/q+1;/p-1. The monoisotopic (exact) mass is 279 g/mol. The number of hydrogen-bond donors (Lipinski definition) is 0. The Morgan fingerprint density at radius 3 is 2.19 bits per heavy atom. The van der Waals surface area contributed by atoms with E-state index < -0.39 is 0 Å². The molecule has 1 aromatic rings. The van der Waals surface area contributed by atoms with Crippen molar-refractivity contribution in [3.63, 3.8) is 0 Å². The van der Waals surface area contributed by atoms with Gasteiger partial charge in [0.05, 0.1) is 16.8 Å². The van der Waals surface area contributed by atoms with Crippen molar-refractivity contribution in [2.75, 3.05) is 18.0 Å². The van der Waals surface area contributed by atoms with E-state index in [1.165, 1.54) is 0 Å². The minimum Gasteiger partial charge on any atom is -1.00 e. The van der Waals surface area contributed by atoms with Gasteiger partial charge in [0.15, 0.2) is 4.98 Å². The van der Waals surface area contributed by atoms with E-state index in [-0.39, 0.29) is 18.1 Å². The molecular formula is C10H12Cl3N3. The van der Waals surface area contributed by atoms with Crippen LogP contribution in [0, 0.1) is 5.39 Å². The lowest BCUT2D eigenvalue weighted by Gasteiger charge is -2.21. The summed E-state index contributed by atoms with van der Waals surface area (Å²) in [5.41, 5.74) is 1.15. The number of benzene rings is 1. The fraction of sp³-hybridized carbons (Fsp3) is 0.400. The largest absolute Gasteiger partial charge is 1.00 e. The maximum atomic E-state index is 8.66. The second kappa shape index (κ2) is 6.80. The van der Waals surface area contributed by atoms with Crippen molar-refractivity contribution in [1.82, 2.24) is 0 Å². The van der Waals surface area contributed by atoms with Gasteiger partial charge in [-0.05, 0) is 19.9 Å². The van der Waals surface area contributed by atoms with Gasteiger partial charge in [-0.15, -0.1) is 0 Å². The molecule has 0 aliphatic rings. The highest BCUT2D eigenvalue weighted by molar-refractivity contribution is 6.37. The highest BCUT2D eigenvalue weighted by Gasteiger charge is 2.18. The molecule has 0 fully saturated rings. The summed E-state index contributed by atoms with van der Waals surface area (Å²) in [5, 5.41) is 9.59. The van der Waals surface area contributed by atoms with Gasteiger partial charge in [0, 0.05) is 13.1 Å². The van der Waals surface area contributed by atoms with Gasteiger partial charge in [-0.2, -0.15) is 0 Å². The van der Waals surface area contributed by atoms with Crippen LogP contribution in [0.3, 0.4) is 0 Å². The lowest BCUT2D eigenvalue weighted by atomic mass is 10.2. The summed E-state index contributed by atoms with van der Waals surface area (Å²) in [6, 6.07) is 3.27. The third kappa shape index (κ3) is 3.15. The average molecular weight is 281 g/mol. The minimum absolute atomic E-state index is 0. The SMILES string of the molecule is CCN(CC)c1cc(Cl)c([N+]#N)cc1Cl.[Cl-]. The molecule has 0 amide bonds. The number of hydrogen-bond acceptors (Lipinski definition) is 2. The van der Waals surface area contributed by atoms with E-state index in [2.05, 4.69) is 9.88 Å². The number of halogens is 3. The molecule has 0 radical (unpaired) electrons. The Balaban J connectivity index is 0.00000225. The molecule has 0 saturated heterocycles. The molecule has 0 saturated carbocycles. The summed E-state index contributed by atoms with van der Waals surface area (Å²) in [6.45, 7) is 5.78. The second-order valence-corrected chi connectivity index (χ2v) is 3.84. The molecule has 0 aromatic heterocycles. The zero-order valence-corrected chi connectivity index (χ0v) is 11.3. The fourth-order valence-corrected chi connectivity index (χ4v) is 1.88. The summed E-state index contributed by atoms with van der Waals surface area (Å²) in [7, 11) is 0. The van der Waals surface area contributed by atoms with Crippen LogP contribution in [-0.4, -0.2) is 13.1 Å². The molecule has 1 rings (SSSR count). The van der Waals surface area contributed by atoms with Gasteiger partial charge in [-0.25, -0.2) is 0 Å². The summed E-state index contributed by atoms with van der Waals surface area (Å²) in [4.78, 5) is 5.13. The summed E-state index contributed by atoms with van der Waals surface area (Å²) in [6.07, 6.45) is 0. The lowest BCUT2D eigenvalue weighted by Crippen LogP contribution is -3.00. The predicted octanol–water partition coefficient (Wildman–Crippen LogP) is 1.33. The molecule has 0 N–H and O–H groups in total. The van der Waals surface area contributed by atoms with Crippen molar-refractivity contribution >= 4 is 34.6 Å². The molecule has 6 heteroatoms. The van der Waals surface area contributed by atoms with Crippen molar-refractivity contribution < 1.29 is 12.4 Å². The van der Waals surface area contributed by atoms with Crippen molar-refractivity contribution in [2.45, 2.75) is 13.8 Å². The number of diazo groups is 1. The van der Waals surface area contributed by atoms with E-state index in [1.54, 1.807) is 12.1 Å². The molecule has 0 heterocycles. The molecule has 16 heavy (non-hydrogen) atoms. The van der Waals surface area contributed by atoms with Crippen molar-refractivity contribution in [3.8, 4) is 0 Å². The van der Waals surface area contributed by atoms with Crippen LogP contribution in [0.5, 0.6) is 0 Å². The molecule has 0 aliphatic heterocycles. The molecule has 3 nitrogen and oxygen atoms in total. The Kier molecular flexibility index (Phi) is 6.51. The van der Waals surface area contributed by atoms with E-state index in [0.29, 0.717) is 10.0 Å². The quantitative estimate of drug-likeness (QED) is 0.782. The average Bonchev–Trinajstić information content (AvgIpc) is 2.24. The van der Waals surface area contributed by atoms with Crippen molar-refractivity contribution in [2.24, 2.45) is 0 Å². The topological polar surface area (TPSA) is 31.4 Å². The fourth-order valence-electron chi connectivity index (χ4n) is 1.41. The van der Waals surface area contributed by atoms with Crippen LogP contribution >= 0.6 is 23.2 Å². The Hall–Kier alpha value is -0.690. The summed E-state index contributed by atoms with van der Waals surface area (Å²) in [5.74, 6) is 0. The van der Waals surface area contributed by atoms with Crippen LogP contribution in [0.2, 0.25) is 10.0 Å². The predicted molar refractivity (Wildman–Crippen MR) is 64.8 cm³/mol. The van der Waals surface area contributed by atoms with E-state index >= 15 is 0 Å². The first-order valence-electron chi connectivity index (χ1n) is 4.73. The van der Waals surface area contributed by atoms with E-state index in [4.69, 9.17) is 28.6 Å². The molecule has 0 atom stereocenters. The zero-order chi connectivity index (χ0) is 11.4. The number of rotatable bonds is 3. The molecule has 0 aliphatic carbocycles. The maximum Gasteiger partial charge on any atom is 0.405 e. The first kappa shape index (κ1) is 15.3. The third-order valence-electron chi connectivity index (χ3n) is 2.23. The van der Waals surface area contributed by atoms with Gasteiger partial charge >= 0.3 is 5.69 Å². The van der Waals surface area contributed by atoms with Crippen LogP contribution in [0.4, 0.5) is 11.4 Å². The first-order valence-corrected chi connectivity index (χ1v) is 5.48. The highest BCUT2D eigenvalue weighted by atomic mass is 35.5. The van der Waals surface area contributed by atoms with Gasteiger partial charge in [-0.1, -0.05) is 23.2 Å². The van der Waals surface area contributed by atoms with Crippen LogP contribution in [0.15, 0.2) is 12.1 Å². The van der Waals surface area contributed by atoms with Crippen LogP contribution in [0.25, 0.3) is 4.98 Å². The van der Waals surface area contributed by atoms with Gasteiger partial charge in [-0.3, -0.25) is 0 Å². The summed E-state index contributed by atoms with van der Waals surface area (Å²) >= 11 is 12.0. The van der Waals surface area contributed by atoms with Crippen LogP contribution < -0.4 is 17.3 Å². The maximum absolute atomic E-state index is 8.66. The van der Waals surface area contributed by atoms with E-state index in [9.17, 15) is 0 Å². The van der Waals surface area contributed by atoms with E-state index in [1.807, 2.05) is 13.8 Å². The van der Waals surface area contributed by atoms with Gasteiger partial charge in [0.2, 0.25) is 5.39 Å². The normalized spacial score (nSPS) is 9.19. The number of nitrogens with zero attached hydrogens (tertiary/aromatic N) is 3. The molecule has 0 spiro atoms. The highest BCUT2D eigenvalue weighted by Crippen LogP contribution is 2.36. The smallest absolute Gasteiger partial charge is 0.405 e. The van der Waals surface area contributed by atoms with Crippen molar-refractivity contribution in [1.29, 1.82) is 5.39 Å². The molecular weight excluding hydrogens is 268 g/mol. The Morgan fingerprint density at radius 2 is 1.75 bits per heavy atom. The Bertz CT molecular complexity index is 397. The first-order chi connectivity index (χ1) is 7.13. The van der Waals surface area contributed by atoms with Crippen LogP contribution in [-0.2, 0) is 0 Å². The number of anilines is 1. The van der Waals surface area contributed by atoms with Gasteiger partial charge < -0.3 is 17.3 Å². The second-order valence-electron chi connectivity index (χ2n) is 3.03. The lowest BCUT2D eigenvalue weighted by molar-refractivity contribution is -0.00000319. The molecule has 1 aromatic carbocycles.